The molecule has 4 heterocycles. The molecule has 1 unspecified atom stereocenters. The minimum Gasteiger partial charge on any atom is -0.368 e. The van der Waals surface area contributed by atoms with Gasteiger partial charge < -0.3 is 20.4 Å². The Morgan fingerprint density at radius 3 is 2.74 bits per heavy atom. The van der Waals surface area contributed by atoms with Gasteiger partial charge in [-0.05, 0) is 71.3 Å². The number of anilines is 4. The predicted octanol–water partition coefficient (Wildman–Crippen LogP) is 3.80. The normalized spacial score (nSPS) is 24.6. The van der Waals surface area contributed by atoms with Gasteiger partial charge in [-0.15, -0.1) is 0 Å². The van der Waals surface area contributed by atoms with E-state index in [4.69, 9.17) is 0 Å². The topological polar surface area (TPSA) is 83.3 Å². The van der Waals surface area contributed by atoms with Gasteiger partial charge in [0.15, 0.2) is 11.6 Å². The summed E-state index contributed by atoms with van der Waals surface area (Å²) >= 11 is 0. The van der Waals surface area contributed by atoms with Crippen molar-refractivity contribution in [1.82, 2.24) is 19.8 Å². The zero-order chi connectivity index (χ0) is 24.6. The largest absolute Gasteiger partial charge is 0.368 e. The minimum absolute atomic E-state index is 0.0842. The number of hydrogen-bond donors (Lipinski definition) is 2. The molecule has 3 aliphatic heterocycles. The number of nitrogens with one attached hydrogen (secondary N) is 2. The Hall–Kier alpha value is -2.96. The highest BCUT2D eigenvalue weighted by Gasteiger charge is 2.43. The molecule has 5 rings (SSSR count). The van der Waals surface area contributed by atoms with Gasteiger partial charge >= 0.3 is 0 Å². The summed E-state index contributed by atoms with van der Waals surface area (Å²) in [5.41, 5.74) is 2.33. The maximum absolute atomic E-state index is 14.7. The SMILES string of the molecule is CN1CCN(c2ccc(Nc3ncc(F)c(N[C@@H]4CC5CCCN5C(C)(C)C4)n3)cc2C#N)CC1. The molecule has 2 aromatic rings. The summed E-state index contributed by atoms with van der Waals surface area (Å²) in [6, 6.07) is 8.72. The van der Waals surface area contributed by atoms with Gasteiger partial charge in [0, 0.05) is 49.5 Å². The number of hydrogen-bond acceptors (Lipinski definition) is 8. The fraction of sp³-hybridized carbons (Fsp3) is 0.577. The third kappa shape index (κ3) is 5.04. The van der Waals surface area contributed by atoms with Crippen molar-refractivity contribution in [2.24, 2.45) is 0 Å². The van der Waals surface area contributed by atoms with Gasteiger partial charge in [-0.3, -0.25) is 4.90 Å². The molecule has 0 bridgehead atoms. The van der Waals surface area contributed by atoms with Crippen LogP contribution in [-0.4, -0.2) is 77.2 Å². The first-order valence-corrected chi connectivity index (χ1v) is 12.6. The van der Waals surface area contributed by atoms with Crippen LogP contribution < -0.4 is 15.5 Å². The predicted molar refractivity (Wildman–Crippen MR) is 137 cm³/mol. The van der Waals surface area contributed by atoms with Gasteiger partial charge in [-0.2, -0.15) is 10.2 Å². The summed E-state index contributed by atoms with van der Waals surface area (Å²) in [5, 5.41) is 16.3. The van der Waals surface area contributed by atoms with E-state index in [-0.39, 0.29) is 17.4 Å². The van der Waals surface area contributed by atoms with E-state index in [0.717, 1.165) is 51.3 Å². The van der Waals surface area contributed by atoms with E-state index in [0.29, 0.717) is 23.2 Å². The molecule has 3 fully saturated rings. The molecule has 0 amide bonds. The first-order chi connectivity index (χ1) is 16.8. The highest BCUT2D eigenvalue weighted by atomic mass is 19.1. The Labute approximate surface area is 207 Å². The van der Waals surface area contributed by atoms with E-state index in [1.165, 1.54) is 19.0 Å². The number of piperazine rings is 1. The molecule has 186 valence electrons. The Kier molecular flexibility index (Phi) is 6.51. The monoisotopic (exact) mass is 478 g/mol. The van der Waals surface area contributed by atoms with E-state index in [1.54, 1.807) is 0 Å². The lowest BCUT2D eigenvalue weighted by Gasteiger charge is -2.47. The summed E-state index contributed by atoms with van der Waals surface area (Å²) in [7, 11) is 2.11. The molecule has 0 aliphatic carbocycles. The van der Waals surface area contributed by atoms with Crippen LogP contribution in [0, 0.1) is 17.1 Å². The Bertz CT molecular complexity index is 1110. The Balaban J connectivity index is 1.30. The summed E-state index contributed by atoms with van der Waals surface area (Å²) in [6.45, 7) is 9.44. The zero-order valence-corrected chi connectivity index (χ0v) is 20.9. The lowest BCUT2D eigenvalue weighted by molar-refractivity contribution is 0.0500. The maximum Gasteiger partial charge on any atom is 0.229 e. The minimum atomic E-state index is -0.453. The fourth-order valence-corrected chi connectivity index (χ4v) is 6.00. The molecular formula is C26H35FN8. The summed E-state index contributed by atoms with van der Waals surface area (Å²) in [6.07, 6.45) is 5.57. The van der Waals surface area contributed by atoms with Crippen LogP contribution >= 0.6 is 0 Å². The number of aromatic nitrogens is 2. The number of fused-ring (bicyclic) bond motifs is 1. The fourth-order valence-electron chi connectivity index (χ4n) is 6.00. The van der Waals surface area contributed by atoms with Gasteiger partial charge in [-0.1, -0.05) is 0 Å². The van der Waals surface area contributed by atoms with Gasteiger partial charge in [0.05, 0.1) is 17.4 Å². The highest BCUT2D eigenvalue weighted by molar-refractivity contribution is 5.68. The van der Waals surface area contributed by atoms with Crippen molar-refractivity contribution in [3.05, 3.63) is 35.8 Å². The number of nitrogens with zero attached hydrogens (tertiary/aromatic N) is 6. The molecule has 0 radical (unpaired) electrons. The number of rotatable bonds is 5. The summed E-state index contributed by atoms with van der Waals surface area (Å²) < 4.78 is 14.7. The molecule has 35 heavy (non-hydrogen) atoms. The van der Waals surface area contributed by atoms with E-state index < -0.39 is 5.82 Å². The molecule has 0 spiro atoms. The van der Waals surface area contributed by atoms with Crippen LogP contribution in [0.1, 0.15) is 45.1 Å². The summed E-state index contributed by atoms with van der Waals surface area (Å²) in [4.78, 5) is 15.7. The molecular weight excluding hydrogens is 443 g/mol. The second kappa shape index (κ2) is 9.59. The molecule has 2 N–H and O–H groups in total. The molecule has 3 saturated heterocycles. The third-order valence-corrected chi connectivity index (χ3v) is 7.76. The van der Waals surface area contributed by atoms with Crippen LogP contribution in [0.2, 0.25) is 0 Å². The Morgan fingerprint density at radius 1 is 1.17 bits per heavy atom. The number of likely N-dealkylation sites (N-methyl/N-ethyl adjacent to an activating group) is 1. The van der Waals surface area contributed by atoms with Crippen LogP contribution in [0.25, 0.3) is 0 Å². The van der Waals surface area contributed by atoms with Crippen LogP contribution in [-0.2, 0) is 0 Å². The summed E-state index contributed by atoms with van der Waals surface area (Å²) in [5.74, 6) is 0.0809. The smallest absolute Gasteiger partial charge is 0.229 e. The molecule has 1 aromatic heterocycles. The van der Waals surface area contributed by atoms with Gasteiger partial charge in [-0.25, -0.2) is 9.37 Å². The number of benzene rings is 1. The standard InChI is InChI=1S/C26H35FN8/c1-26(2)15-20(14-21-5-4-8-35(21)26)30-24-22(27)17-29-25(32-24)31-19-6-7-23(18(13-19)16-28)34-11-9-33(3)10-12-34/h6-7,13,17,20-21H,4-5,8-12,14-15H2,1-3H3,(H2,29,30,31,32)/t20-,21?/m1/s1. The van der Waals surface area contributed by atoms with Crippen molar-refractivity contribution in [3.8, 4) is 6.07 Å². The van der Waals surface area contributed by atoms with Crippen LogP contribution in [0.5, 0.6) is 0 Å². The van der Waals surface area contributed by atoms with E-state index in [2.05, 4.69) is 62.3 Å². The van der Waals surface area contributed by atoms with Crippen LogP contribution in [0.4, 0.5) is 27.5 Å². The average Bonchev–Trinajstić information content (AvgIpc) is 3.31. The van der Waals surface area contributed by atoms with Gasteiger partial charge in [0.2, 0.25) is 5.95 Å². The Morgan fingerprint density at radius 2 is 1.97 bits per heavy atom. The van der Waals surface area contributed by atoms with E-state index >= 15 is 0 Å². The van der Waals surface area contributed by atoms with Gasteiger partial charge in [0.1, 0.15) is 6.07 Å². The van der Waals surface area contributed by atoms with Crippen molar-refractivity contribution in [2.45, 2.75) is 57.2 Å². The van der Waals surface area contributed by atoms with Crippen molar-refractivity contribution >= 4 is 23.1 Å². The van der Waals surface area contributed by atoms with Crippen LogP contribution in [0.15, 0.2) is 24.4 Å². The molecule has 9 heteroatoms. The van der Waals surface area contributed by atoms with Crippen molar-refractivity contribution in [1.29, 1.82) is 5.26 Å². The second-order valence-corrected chi connectivity index (χ2v) is 10.7. The van der Waals surface area contributed by atoms with E-state index in [9.17, 15) is 9.65 Å². The van der Waals surface area contributed by atoms with E-state index in [1.807, 2.05) is 18.2 Å². The number of nitriles is 1. The lowest BCUT2D eigenvalue weighted by Crippen LogP contribution is -2.55. The second-order valence-electron chi connectivity index (χ2n) is 10.7. The first-order valence-electron chi connectivity index (χ1n) is 12.6. The number of halogens is 1. The lowest BCUT2D eigenvalue weighted by atomic mass is 9.84. The van der Waals surface area contributed by atoms with Crippen molar-refractivity contribution < 1.29 is 4.39 Å². The first kappa shape index (κ1) is 23.8. The third-order valence-electron chi connectivity index (χ3n) is 7.76. The van der Waals surface area contributed by atoms with Crippen molar-refractivity contribution in [3.63, 3.8) is 0 Å². The van der Waals surface area contributed by atoms with Gasteiger partial charge in [0.25, 0.3) is 0 Å². The molecule has 2 atom stereocenters. The number of piperidine rings is 1. The quantitative estimate of drug-likeness (QED) is 0.672. The highest BCUT2D eigenvalue weighted by Crippen LogP contribution is 2.38. The molecule has 1 aromatic carbocycles. The van der Waals surface area contributed by atoms with Crippen LogP contribution in [0.3, 0.4) is 0 Å². The molecule has 0 saturated carbocycles. The van der Waals surface area contributed by atoms with Crippen molar-refractivity contribution in [2.75, 3.05) is 55.3 Å². The molecule has 8 nitrogen and oxygen atoms in total. The zero-order valence-electron chi connectivity index (χ0n) is 20.9. The maximum atomic E-state index is 14.7. The average molecular weight is 479 g/mol. The molecule has 3 aliphatic rings.